The summed E-state index contributed by atoms with van der Waals surface area (Å²) in [5.41, 5.74) is 2.78. The van der Waals surface area contributed by atoms with Crippen LogP contribution in [0, 0.1) is 10.1 Å². The van der Waals surface area contributed by atoms with Gasteiger partial charge in [-0.25, -0.2) is 14.6 Å². The Hall–Kier alpha value is -5.25. The molecule has 41 heavy (non-hydrogen) atoms. The standard InChI is InChI=1S/C31H30N4O6/c1-21-27(30(36)37)29(25-9-7-10-26(18-25)35(40)41)28(31(38)39)22(2)34(21)16-6-4-3-5-8-23-11-13-24(14-12-23)19-33-17-15-32-20-33/h3-5,7-15,17-18,20,29H,6,16,19H2,1-2H3,(H,36,37)(H,38,39). The third-order valence-corrected chi connectivity index (χ3v) is 7.00. The molecule has 2 heterocycles. The van der Waals surface area contributed by atoms with Gasteiger partial charge in [-0.2, -0.15) is 0 Å². The van der Waals surface area contributed by atoms with E-state index in [4.69, 9.17) is 0 Å². The van der Waals surface area contributed by atoms with Crippen LogP contribution in [0.4, 0.5) is 5.69 Å². The molecule has 10 heteroatoms. The van der Waals surface area contributed by atoms with E-state index >= 15 is 0 Å². The number of carbonyl (C=O) groups is 2. The molecule has 210 valence electrons. The molecule has 0 aliphatic carbocycles. The maximum absolute atomic E-state index is 12.4. The van der Waals surface area contributed by atoms with Crippen molar-refractivity contribution in [2.45, 2.75) is 32.7 Å². The van der Waals surface area contributed by atoms with E-state index in [0.717, 1.165) is 12.1 Å². The number of allylic oxidation sites excluding steroid dienone is 4. The van der Waals surface area contributed by atoms with E-state index in [9.17, 15) is 29.9 Å². The van der Waals surface area contributed by atoms with Gasteiger partial charge in [0.1, 0.15) is 0 Å². The third-order valence-electron chi connectivity index (χ3n) is 7.00. The highest BCUT2D eigenvalue weighted by atomic mass is 16.6. The summed E-state index contributed by atoms with van der Waals surface area (Å²) in [5.74, 6) is -3.69. The van der Waals surface area contributed by atoms with Crippen molar-refractivity contribution in [1.29, 1.82) is 0 Å². The molecule has 0 unspecified atom stereocenters. The van der Waals surface area contributed by atoms with Gasteiger partial charge in [0, 0.05) is 49.0 Å². The minimum absolute atomic E-state index is 0.117. The van der Waals surface area contributed by atoms with Crippen LogP contribution in [0.5, 0.6) is 0 Å². The predicted molar refractivity (Wildman–Crippen MR) is 154 cm³/mol. The van der Waals surface area contributed by atoms with Crippen LogP contribution >= 0.6 is 0 Å². The average Bonchev–Trinajstić information content (AvgIpc) is 3.45. The van der Waals surface area contributed by atoms with Crippen LogP contribution in [0.3, 0.4) is 0 Å². The number of hydrogen-bond donors (Lipinski definition) is 2. The number of aromatic nitrogens is 2. The molecule has 1 aliphatic rings. The number of nitrogens with zero attached hydrogens (tertiary/aromatic N) is 4. The molecule has 10 nitrogen and oxygen atoms in total. The average molecular weight is 555 g/mol. The van der Waals surface area contributed by atoms with Gasteiger partial charge in [-0.1, -0.05) is 60.7 Å². The molecular weight excluding hydrogens is 524 g/mol. The predicted octanol–water partition coefficient (Wildman–Crippen LogP) is 5.62. The Kier molecular flexibility index (Phi) is 8.93. The lowest BCUT2D eigenvalue weighted by Gasteiger charge is -2.37. The highest BCUT2D eigenvalue weighted by molar-refractivity contribution is 5.98. The second kappa shape index (κ2) is 12.7. The Morgan fingerprint density at radius 2 is 1.71 bits per heavy atom. The third kappa shape index (κ3) is 6.67. The first kappa shape index (κ1) is 28.8. The van der Waals surface area contributed by atoms with Crippen LogP contribution in [0.2, 0.25) is 0 Å². The van der Waals surface area contributed by atoms with E-state index in [1.165, 1.54) is 29.8 Å². The molecule has 2 aromatic carbocycles. The Balaban J connectivity index is 1.48. The fraction of sp³-hybridized carbons (Fsp3) is 0.194. The lowest BCUT2D eigenvalue weighted by atomic mass is 9.79. The van der Waals surface area contributed by atoms with E-state index in [1.807, 2.05) is 47.2 Å². The van der Waals surface area contributed by atoms with Gasteiger partial charge in [-0.15, -0.1) is 0 Å². The zero-order chi connectivity index (χ0) is 29.5. The van der Waals surface area contributed by atoms with Gasteiger partial charge in [0.2, 0.25) is 0 Å². The highest BCUT2D eigenvalue weighted by Gasteiger charge is 2.39. The van der Waals surface area contributed by atoms with Crippen molar-refractivity contribution < 1.29 is 24.7 Å². The number of carboxylic acids is 2. The molecule has 4 rings (SSSR count). The molecule has 2 N–H and O–H groups in total. The zero-order valence-electron chi connectivity index (χ0n) is 22.7. The van der Waals surface area contributed by atoms with Crippen molar-refractivity contribution in [3.63, 3.8) is 0 Å². The summed E-state index contributed by atoms with van der Waals surface area (Å²) in [6.45, 7) is 4.38. The van der Waals surface area contributed by atoms with Gasteiger partial charge in [0.25, 0.3) is 5.69 Å². The van der Waals surface area contributed by atoms with Gasteiger partial charge >= 0.3 is 11.9 Å². The molecule has 0 spiro atoms. The van der Waals surface area contributed by atoms with Gasteiger partial charge in [-0.3, -0.25) is 10.1 Å². The SMILES string of the molecule is CC1=C(C(=O)O)C(c2cccc([N+](=O)[O-])c2)C(C(=O)O)=C(C)N1CCC=CC=Cc1ccc(Cn2ccnc2)cc1. The number of hydrogen-bond acceptors (Lipinski definition) is 6. The normalized spacial score (nSPS) is 14.4. The maximum Gasteiger partial charge on any atom is 0.334 e. The van der Waals surface area contributed by atoms with Crippen molar-refractivity contribution in [2.24, 2.45) is 0 Å². The van der Waals surface area contributed by atoms with Crippen LogP contribution in [-0.2, 0) is 16.1 Å². The fourth-order valence-corrected chi connectivity index (χ4v) is 5.02. The molecule has 0 fully saturated rings. The molecule has 0 amide bonds. The van der Waals surface area contributed by atoms with Crippen molar-refractivity contribution in [3.8, 4) is 0 Å². The number of nitro groups is 1. The highest BCUT2D eigenvalue weighted by Crippen LogP contribution is 2.42. The van der Waals surface area contributed by atoms with Crippen molar-refractivity contribution in [1.82, 2.24) is 14.5 Å². The molecule has 0 saturated carbocycles. The first-order valence-electron chi connectivity index (χ1n) is 12.9. The molecular formula is C31H30N4O6. The summed E-state index contributed by atoms with van der Waals surface area (Å²) < 4.78 is 2.00. The lowest BCUT2D eigenvalue weighted by molar-refractivity contribution is -0.384. The van der Waals surface area contributed by atoms with E-state index in [0.29, 0.717) is 24.4 Å². The lowest BCUT2D eigenvalue weighted by Crippen LogP contribution is -2.34. The molecule has 1 aliphatic heterocycles. The number of aliphatic carboxylic acids is 2. The van der Waals surface area contributed by atoms with Crippen LogP contribution in [0.25, 0.3) is 6.08 Å². The smallest absolute Gasteiger partial charge is 0.334 e. The van der Waals surface area contributed by atoms with E-state index in [2.05, 4.69) is 17.1 Å². The van der Waals surface area contributed by atoms with Crippen LogP contribution in [0.15, 0.2) is 108 Å². The van der Waals surface area contributed by atoms with E-state index < -0.39 is 22.8 Å². The first-order valence-corrected chi connectivity index (χ1v) is 12.9. The maximum atomic E-state index is 12.4. The van der Waals surface area contributed by atoms with Crippen molar-refractivity contribution in [3.05, 3.63) is 135 Å². The summed E-state index contributed by atoms with van der Waals surface area (Å²) in [6.07, 6.45) is 13.7. The van der Waals surface area contributed by atoms with Gasteiger partial charge in [0.05, 0.1) is 28.3 Å². The first-order chi connectivity index (χ1) is 19.7. The molecule has 0 radical (unpaired) electrons. The van der Waals surface area contributed by atoms with Crippen LogP contribution in [0.1, 0.15) is 42.9 Å². The van der Waals surface area contributed by atoms with Crippen LogP contribution in [-0.4, -0.2) is 48.1 Å². The Morgan fingerprint density at radius 3 is 2.29 bits per heavy atom. The fourth-order valence-electron chi connectivity index (χ4n) is 5.02. The Morgan fingerprint density at radius 1 is 1.02 bits per heavy atom. The molecule has 1 aromatic heterocycles. The summed E-state index contributed by atoms with van der Waals surface area (Å²) >= 11 is 0. The number of imidazole rings is 1. The Bertz CT molecular complexity index is 1530. The molecule has 3 aromatic rings. The second-order valence-electron chi connectivity index (χ2n) is 9.60. The van der Waals surface area contributed by atoms with Gasteiger partial charge in [-0.05, 0) is 37.0 Å². The number of carboxylic acid groups (broad SMARTS) is 2. The van der Waals surface area contributed by atoms with Gasteiger partial charge in [0.15, 0.2) is 0 Å². The number of benzene rings is 2. The van der Waals surface area contributed by atoms with Gasteiger partial charge < -0.3 is 19.7 Å². The minimum Gasteiger partial charge on any atom is -0.478 e. The summed E-state index contributed by atoms with van der Waals surface area (Å²) in [7, 11) is 0. The molecule has 0 atom stereocenters. The second-order valence-corrected chi connectivity index (χ2v) is 9.60. The summed E-state index contributed by atoms with van der Waals surface area (Å²) in [6, 6.07) is 13.6. The number of non-ortho nitro benzene ring substituents is 1. The molecule has 0 saturated heterocycles. The summed E-state index contributed by atoms with van der Waals surface area (Å²) in [4.78, 5) is 41.2. The zero-order valence-corrected chi connectivity index (χ0v) is 22.7. The number of rotatable bonds is 11. The topological polar surface area (TPSA) is 139 Å². The largest absolute Gasteiger partial charge is 0.478 e. The number of nitro benzene ring substituents is 1. The molecule has 0 bridgehead atoms. The van der Waals surface area contributed by atoms with Crippen molar-refractivity contribution in [2.75, 3.05) is 6.54 Å². The van der Waals surface area contributed by atoms with Crippen molar-refractivity contribution >= 4 is 23.7 Å². The quantitative estimate of drug-likeness (QED) is 0.177. The van der Waals surface area contributed by atoms with E-state index in [1.54, 1.807) is 31.3 Å². The van der Waals surface area contributed by atoms with E-state index in [-0.39, 0.29) is 22.4 Å². The summed E-state index contributed by atoms with van der Waals surface area (Å²) in [5, 5.41) is 31.5. The minimum atomic E-state index is -1.27. The van der Waals surface area contributed by atoms with Crippen LogP contribution < -0.4 is 0 Å². The monoisotopic (exact) mass is 554 g/mol. The Labute approximate surface area is 237 Å².